The molecule has 5 nitrogen and oxygen atoms in total. The SMILES string of the molecule is Cc1nc(NC2CCCCCC2)cc(C(=O)Nc2cccc(C)c2C)n1. The highest BCUT2D eigenvalue weighted by Crippen LogP contribution is 2.22. The first-order chi connectivity index (χ1) is 12.5. The van der Waals surface area contributed by atoms with Gasteiger partial charge < -0.3 is 10.6 Å². The summed E-state index contributed by atoms with van der Waals surface area (Å²) in [5, 5.41) is 6.49. The van der Waals surface area contributed by atoms with Gasteiger partial charge in [0.25, 0.3) is 5.91 Å². The van der Waals surface area contributed by atoms with E-state index in [1.807, 2.05) is 39.0 Å². The second-order valence-corrected chi connectivity index (χ2v) is 7.22. The highest BCUT2D eigenvalue weighted by Gasteiger charge is 2.16. The normalized spacial score (nSPS) is 15.3. The topological polar surface area (TPSA) is 66.9 Å². The molecule has 1 heterocycles. The molecule has 1 amide bonds. The largest absolute Gasteiger partial charge is 0.367 e. The van der Waals surface area contributed by atoms with Crippen molar-refractivity contribution in [2.45, 2.75) is 65.3 Å². The number of aromatic nitrogens is 2. The van der Waals surface area contributed by atoms with Crippen LogP contribution in [0, 0.1) is 20.8 Å². The lowest BCUT2D eigenvalue weighted by Gasteiger charge is -2.17. The first kappa shape index (κ1) is 18.4. The second kappa shape index (κ2) is 8.30. The Morgan fingerprint density at radius 2 is 1.77 bits per heavy atom. The lowest BCUT2D eigenvalue weighted by atomic mass is 10.1. The van der Waals surface area contributed by atoms with Gasteiger partial charge in [0.1, 0.15) is 17.3 Å². The summed E-state index contributed by atoms with van der Waals surface area (Å²) >= 11 is 0. The van der Waals surface area contributed by atoms with Crippen LogP contribution in [0.15, 0.2) is 24.3 Å². The summed E-state index contributed by atoms with van der Waals surface area (Å²) < 4.78 is 0. The van der Waals surface area contributed by atoms with Gasteiger partial charge in [-0.15, -0.1) is 0 Å². The predicted octanol–water partition coefficient (Wildman–Crippen LogP) is 4.79. The first-order valence-corrected chi connectivity index (χ1v) is 9.53. The number of nitrogens with zero attached hydrogens (tertiary/aromatic N) is 2. The van der Waals surface area contributed by atoms with Crippen molar-refractivity contribution in [3.05, 3.63) is 46.9 Å². The van der Waals surface area contributed by atoms with Crippen LogP contribution in [0.3, 0.4) is 0 Å². The number of carbonyl (C=O) groups excluding carboxylic acids is 1. The van der Waals surface area contributed by atoms with E-state index in [9.17, 15) is 4.79 Å². The van der Waals surface area contributed by atoms with Crippen molar-refractivity contribution in [2.24, 2.45) is 0 Å². The van der Waals surface area contributed by atoms with Gasteiger partial charge in [-0.1, -0.05) is 37.8 Å². The zero-order chi connectivity index (χ0) is 18.5. The van der Waals surface area contributed by atoms with Crippen molar-refractivity contribution in [1.82, 2.24) is 9.97 Å². The van der Waals surface area contributed by atoms with E-state index in [0.29, 0.717) is 17.6 Å². The van der Waals surface area contributed by atoms with E-state index in [1.165, 1.54) is 25.7 Å². The molecule has 1 fully saturated rings. The minimum Gasteiger partial charge on any atom is -0.367 e. The number of hydrogen-bond acceptors (Lipinski definition) is 4. The second-order valence-electron chi connectivity index (χ2n) is 7.22. The monoisotopic (exact) mass is 352 g/mol. The maximum atomic E-state index is 12.7. The summed E-state index contributed by atoms with van der Waals surface area (Å²) in [4.78, 5) is 21.5. The van der Waals surface area contributed by atoms with Gasteiger partial charge in [-0.2, -0.15) is 0 Å². The molecule has 0 aliphatic heterocycles. The van der Waals surface area contributed by atoms with Crippen LogP contribution in [0.25, 0.3) is 0 Å². The number of nitrogens with one attached hydrogen (secondary N) is 2. The molecule has 0 bridgehead atoms. The van der Waals surface area contributed by atoms with Crippen molar-refractivity contribution in [3.63, 3.8) is 0 Å². The molecule has 2 aromatic rings. The lowest BCUT2D eigenvalue weighted by molar-refractivity contribution is 0.102. The van der Waals surface area contributed by atoms with E-state index in [2.05, 4.69) is 20.6 Å². The standard InChI is InChI=1S/C21H28N4O/c1-14-9-8-12-18(15(14)2)25-21(26)19-13-20(23-16(3)22-19)24-17-10-6-4-5-7-11-17/h8-9,12-13,17H,4-7,10-11H2,1-3H3,(H,25,26)(H,22,23,24). The van der Waals surface area contributed by atoms with Gasteiger partial charge >= 0.3 is 0 Å². The summed E-state index contributed by atoms with van der Waals surface area (Å²) in [5.41, 5.74) is 3.44. The molecule has 2 N–H and O–H groups in total. The summed E-state index contributed by atoms with van der Waals surface area (Å²) in [6.07, 6.45) is 7.44. The average Bonchev–Trinajstić information content (AvgIpc) is 2.87. The van der Waals surface area contributed by atoms with Crippen molar-refractivity contribution >= 4 is 17.4 Å². The summed E-state index contributed by atoms with van der Waals surface area (Å²) in [6, 6.07) is 8.09. The van der Waals surface area contributed by atoms with Gasteiger partial charge in [0.2, 0.25) is 0 Å². The maximum absolute atomic E-state index is 12.7. The molecule has 5 heteroatoms. The number of hydrogen-bond donors (Lipinski definition) is 2. The smallest absolute Gasteiger partial charge is 0.274 e. The van der Waals surface area contributed by atoms with E-state index in [-0.39, 0.29) is 5.91 Å². The van der Waals surface area contributed by atoms with E-state index >= 15 is 0 Å². The zero-order valence-corrected chi connectivity index (χ0v) is 15.9. The van der Waals surface area contributed by atoms with Crippen molar-refractivity contribution in [2.75, 3.05) is 10.6 Å². The van der Waals surface area contributed by atoms with Crippen LogP contribution in [0.2, 0.25) is 0 Å². The van der Waals surface area contributed by atoms with Crippen molar-refractivity contribution in [3.8, 4) is 0 Å². The molecule has 26 heavy (non-hydrogen) atoms. The molecule has 0 saturated heterocycles. The Balaban J connectivity index is 1.75. The molecular formula is C21H28N4O. The average molecular weight is 352 g/mol. The highest BCUT2D eigenvalue weighted by atomic mass is 16.1. The molecule has 1 saturated carbocycles. The lowest BCUT2D eigenvalue weighted by Crippen LogP contribution is -2.21. The van der Waals surface area contributed by atoms with E-state index in [1.54, 1.807) is 6.07 Å². The number of anilines is 2. The quantitative estimate of drug-likeness (QED) is 0.777. The molecule has 0 unspecified atom stereocenters. The van der Waals surface area contributed by atoms with Crippen LogP contribution in [0.5, 0.6) is 0 Å². The number of carbonyl (C=O) groups is 1. The molecular weight excluding hydrogens is 324 g/mol. The third-order valence-corrected chi connectivity index (χ3v) is 5.13. The molecule has 1 aliphatic carbocycles. The number of rotatable bonds is 4. The highest BCUT2D eigenvalue weighted by molar-refractivity contribution is 6.03. The first-order valence-electron chi connectivity index (χ1n) is 9.53. The predicted molar refractivity (Wildman–Crippen MR) is 106 cm³/mol. The van der Waals surface area contributed by atoms with Crippen LogP contribution in [-0.2, 0) is 0 Å². The number of amides is 1. The minimum atomic E-state index is -0.201. The third kappa shape index (κ3) is 4.59. The van der Waals surface area contributed by atoms with Crippen LogP contribution in [0.1, 0.15) is 66.0 Å². The van der Waals surface area contributed by atoms with Crippen LogP contribution < -0.4 is 10.6 Å². The minimum absolute atomic E-state index is 0.201. The van der Waals surface area contributed by atoms with E-state index in [4.69, 9.17) is 0 Å². The maximum Gasteiger partial charge on any atom is 0.274 e. The summed E-state index contributed by atoms with van der Waals surface area (Å²) in [7, 11) is 0. The molecule has 1 aliphatic rings. The zero-order valence-electron chi connectivity index (χ0n) is 15.9. The van der Waals surface area contributed by atoms with Crippen molar-refractivity contribution < 1.29 is 4.79 Å². The van der Waals surface area contributed by atoms with Gasteiger partial charge in [-0.05, 0) is 50.8 Å². The molecule has 138 valence electrons. The van der Waals surface area contributed by atoms with Gasteiger partial charge in [0, 0.05) is 17.8 Å². The van der Waals surface area contributed by atoms with Gasteiger partial charge in [-0.3, -0.25) is 4.79 Å². The Bertz CT molecular complexity index is 780. The van der Waals surface area contributed by atoms with Crippen LogP contribution >= 0.6 is 0 Å². The Hall–Kier alpha value is -2.43. The van der Waals surface area contributed by atoms with Gasteiger partial charge in [-0.25, -0.2) is 9.97 Å². The third-order valence-electron chi connectivity index (χ3n) is 5.13. The van der Waals surface area contributed by atoms with Crippen molar-refractivity contribution in [1.29, 1.82) is 0 Å². The Morgan fingerprint density at radius 1 is 1.04 bits per heavy atom. The Labute approximate surface area is 155 Å². The Kier molecular flexibility index (Phi) is 5.86. The fourth-order valence-electron chi connectivity index (χ4n) is 3.46. The summed E-state index contributed by atoms with van der Waals surface area (Å²) in [5.74, 6) is 1.15. The van der Waals surface area contributed by atoms with Crippen LogP contribution in [-0.4, -0.2) is 21.9 Å². The fourth-order valence-corrected chi connectivity index (χ4v) is 3.46. The van der Waals surface area contributed by atoms with Gasteiger partial charge in [0.05, 0.1) is 0 Å². The molecule has 0 atom stereocenters. The van der Waals surface area contributed by atoms with E-state index < -0.39 is 0 Å². The number of aryl methyl sites for hydroxylation is 2. The van der Waals surface area contributed by atoms with Crippen LogP contribution in [0.4, 0.5) is 11.5 Å². The molecule has 0 radical (unpaired) electrons. The number of benzene rings is 1. The molecule has 1 aromatic heterocycles. The summed E-state index contributed by atoms with van der Waals surface area (Å²) in [6.45, 7) is 5.87. The fraction of sp³-hybridized carbons (Fsp3) is 0.476. The molecule has 1 aromatic carbocycles. The van der Waals surface area contributed by atoms with Gasteiger partial charge in [0.15, 0.2) is 0 Å². The molecule has 3 rings (SSSR count). The van der Waals surface area contributed by atoms with E-state index in [0.717, 1.165) is 35.5 Å². The Morgan fingerprint density at radius 3 is 2.50 bits per heavy atom. The molecule has 0 spiro atoms.